The summed E-state index contributed by atoms with van der Waals surface area (Å²) in [6, 6.07) is -0.507. The van der Waals surface area contributed by atoms with E-state index >= 15 is 0 Å². The van der Waals surface area contributed by atoms with E-state index in [1.165, 1.54) is 16.2 Å². The van der Waals surface area contributed by atoms with Crippen LogP contribution in [0, 0.1) is 0 Å². The van der Waals surface area contributed by atoms with Crippen LogP contribution in [0.3, 0.4) is 0 Å². The van der Waals surface area contributed by atoms with Crippen LogP contribution in [0.2, 0.25) is 0 Å². The molecule has 1 saturated heterocycles. The van der Waals surface area contributed by atoms with Crippen LogP contribution in [0.4, 0.5) is 5.13 Å². The van der Waals surface area contributed by atoms with Gasteiger partial charge in [0.2, 0.25) is 5.91 Å². The molecule has 0 bridgehead atoms. The number of anilines is 1. The van der Waals surface area contributed by atoms with Gasteiger partial charge in [0, 0.05) is 11.4 Å². The van der Waals surface area contributed by atoms with Crippen molar-refractivity contribution in [2.24, 2.45) is 0 Å². The summed E-state index contributed by atoms with van der Waals surface area (Å²) >= 11 is 1.48. The highest BCUT2D eigenvalue weighted by molar-refractivity contribution is 7.13. The fourth-order valence-electron chi connectivity index (χ4n) is 2.18. The molecule has 1 aliphatic heterocycles. The van der Waals surface area contributed by atoms with E-state index in [4.69, 9.17) is 0 Å². The third-order valence-electron chi connectivity index (χ3n) is 3.63. The number of nitrogens with one attached hydrogen (secondary N) is 1. The van der Waals surface area contributed by atoms with Crippen LogP contribution < -0.4 is 5.32 Å². The second-order valence-corrected chi connectivity index (χ2v) is 6.35. The molecule has 5 nitrogen and oxygen atoms in total. The Morgan fingerprint density at radius 1 is 1.45 bits per heavy atom. The Kier molecular flexibility index (Phi) is 4.42. The molecule has 6 heteroatoms. The number of amides is 2. The van der Waals surface area contributed by atoms with Gasteiger partial charge in [-0.25, -0.2) is 4.98 Å². The smallest absolute Gasteiger partial charge is 0.252 e. The molecule has 1 fully saturated rings. The van der Waals surface area contributed by atoms with Crippen molar-refractivity contribution in [1.29, 1.82) is 0 Å². The molecule has 0 radical (unpaired) electrons. The molecule has 2 unspecified atom stereocenters. The highest BCUT2D eigenvalue weighted by Gasteiger charge is 2.40. The van der Waals surface area contributed by atoms with Gasteiger partial charge in [-0.1, -0.05) is 20.8 Å². The maximum atomic E-state index is 12.3. The zero-order valence-electron chi connectivity index (χ0n) is 12.3. The molecular formula is C14H21N3O2S. The minimum atomic E-state index is -0.470. The highest BCUT2D eigenvalue weighted by atomic mass is 32.1. The summed E-state index contributed by atoms with van der Waals surface area (Å²) in [6.07, 6.45) is 0.999. The van der Waals surface area contributed by atoms with Crippen LogP contribution in [0.5, 0.6) is 0 Å². The van der Waals surface area contributed by atoms with Crippen LogP contribution >= 0.6 is 11.3 Å². The molecule has 1 aliphatic rings. The number of nitrogens with zero attached hydrogens (tertiary/aromatic N) is 2. The molecular weight excluding hydrogens is 274 g/mol. The van der Waals surface area contributed by atoms with Gasteiger partial charge >= 0.3 is 0 Å². The lowest BCUT2D eigenvalue weighted by Gasteiger charge is -2.21. The lowest BCUT2D eigenvalue weighted by atomic mass is 10.2. The summed E-state index contributed by atoms with van der Waals surface area (Å²) in [5.74, 6) is 0.132. The van der Waals surface area contributed by atoms with Crippen molar-refractivity contribution in [2.45, 2.75) is 58.5 Å². The molecule has 2 amide bonds. The molecule has 1 N–H and O–H groups in total. The van der Waals surface area contributed by atoms with Gasteiger partial charge in [-0.3, -0.25) is 14.5 Å². The van der Waals surface area contributed by atoms with Crippen molar-refractivity contribution >= 4 is 28.3 Å². The Morgan fingerprint density at radius 3 is 2.70 bits per heavy atom. The Labute approximate surface area is 123 Å². The second kappa shape index (κ2) is 5.91. The van der Waals surface area contributed by atoms with Crippen molar-refractivity contribution in [2.75, 3.05) is 5.32 Å². The summed E-state index contributed by atoms with van der Waals surface area (Å²) in [7, 11) is 0. The number of rotatable bonds is 5. The fraction of sp³-hybridized carbons (Fsp3) is 0.643. The largest absolute Gasteiger partial charge is 0.349 e. The molecule has 0 aromatic carbocycles. The van der Waals surface area contributed by atoms with Gasteiger partial charge in [0.05, 0.1) is 12.1 Å². The molecule has 2 heterocycles. The SMILES string of the molecule is CCC(C)N1C(=O)CC(Nc2nc(C(C)C)cs2)C1=O. The zero-order valence-corrected chi connectivity index (χ0v) is 13.2. The van der Waals surface area contributed by atoms with Gasteiger partial charge in [-0.2, -0.15) is 0 Å². The van der Waals surface area contributed by atoms with Gasteiger partial charge in [-0.15, -0.1) is 11.3 Å². The van der Waals surface area contributed by atoms with E-state index in [9.17, 15) is 9.59 Å². The van der Waals surface area contributed by atoms with Crippen molar-refractivity contribution < 1.29 is 9.59 Å². The van der Waals surface area contributed by atoms with Crippen molar-refractivity contribution in [1.82, 2.24) is 9.88 Å². The summed E-state index contributed by atoms with van der Waals surface area (Å²) in [5.41, 5.74) is 1.01. The average molecular weight is 295 g/mol. The number of hydrogen-bond acceptors (Lipinski definition) is 5. The number of imide groups is 1. The highest BCUT2D eigenvalue weighted by Crippen LogP contribution is 2.25. The average Bonchev–Trinajstić information content (AvgIpc) is 2.96. The van der Waals surface area contributed by atoms with Gasteiger partial charge in [0.1, 0.15) is 6.04 Å². The molecule has 110 valence electrons. The van der Waals surface area contributed by atoms with E-state index < -0.39 is 6.04 Å². The maximum Gasteiger partial charge on any atom is 0.252 e. The number of likely N-dealkylation sites (tertiary alicyclic amines) is 1. The van der Waals surface area contributed by atoms with Crippen molar-refractivity contribution in [3.8, 4) is 0 Å². The van der Waals surface area contributed by atoms with E-state index in [0.29, 0.717) is 11.0 Å². The minimum Gasteiger partial charge on any atom is -0.349 e. The van der Waals surface area contributed by atoms with Crippen LogP contribution in [-0.2, 0) is 9.59 Å². The van der Waals surface area contributed by atoms with Crippen LogP contribution in [0.15, 0.2) is 5.38 Å². The second-order valence-electron chi connectivity index (χ2n) is 5.49. The number of thiazole rings is 1. The molecule has 2 rings (SSSR count). The first-order chi connectivity index (χ1) is 9.43. The predicted molar refractivity (Wildman–Crippen MR) is 79.8 cm³/mol. The van der Waals surface area contributed by atoms with Gasteiger partial charge in [0.15, 0.2) is 5.13 Å². The van der Waals surface area contributed by atoms with Crippen LogP contribution in [0.25, 0.3) is 0 Å². The molecule has 1 aromatic heterocycles. The van der Waals surface area contributed by atoms with Gasteiger partial charge in [-0.05, 0) is 19.3 Å². The van der Waals surface area contributed by atoms with E-state index in [2.05, 4.69) is 24.1 Å². The monoisotopic (exact) mass is 295 g/mol. The van der Waals surface area contributed by atoms with Crippen LogP contribution in [-0.4, -0.2) is 33.8 Å². The normalized spacial score (nSPS) is 20.9. The first-order valence-electron chi connectivity index (χ1n) is 7.01. The standard InChI is InChI=1S/C14H21N3O2S/c1-5-9(4)17-12(18)6-10(13(17)19)15-14-16-11(7-20-14)8(2)3/h7-10H,5-6H2,1-4H3,(H,15,16). The Bertz CT molecular complexity index is 512. The number of aromatic nitrogens is 1. The third-order valence-corrected chi connectivity index (χ3v) is 4.42. The lowest BCUT2D eigenvalue weighted by molar-refractivity contribution is -0.140. The molecule has 20 heavy (non-hydrogen) atoms. The van der Waals surface area contributed by atoms with E-state index in [1.807, 2.05) is 19.2 Å². The molecule has 0 spiro atoms. The van der Waals surface area contributed by atoms with Crippen molar-refractivity contribution in [3.05, 3.63) is 11.1 Å². The topological polar surface area (TPSA) is 62.3 Å². The first kappa shape index (κ1) is 15.0. The maximum absolute atomic E-state index is 12.3. The van der Waals surface area contributed by atoms with Gasteiger partial charge < -0.3 is 5.32 Å². The summed E-state index contributed by atoms with van der Waals surface area (Å²) in [6.45, 7) is 8.03. The zero-order chi connectivity index (χ0) is 14.9. The predicted octanol–water partition coefficient (Wildman–Crippen LogP) is 2.60. The Hall–Kier alpha value is -1.43. The quantitative estimate of drug-likeness (QED) is 0.848. The number of carbonyl (C=O) groups excluding carboxylic acids is 2. The molecule has 1 aromatic rings. The van der Waals surface area contributed by atoms with Gasteiger partial charge in [0.25, 0.3) is 5.91 Å². The molecule has 0 aliphatic carbocycles. The Balaban J connectivity index is 2.07. The van der Waals surface area contributed by atoms with Crippen molar-refractivity contribution in [3.63, 3.8) is 0 Å². The van der Waals surface area contributed by atoms with Crippen LogP contribution in [0.1, 0.15) is 52.1 Å². The first-order valence-corrected chi connectivity index (χ1v) is 7.89. The summed E-state index contributed by atoms with van der Waals surface area (Å²) < 4.78 is 0. The lowest BCUT2D eigenvalue weighted by Crippen LogP contribution is -2.40. The van der Waals surface area contributed by atoms with E-state index in [1.54, 1.807) is 0 Å². The molecule has 2 atom stereocenters. The van der Waals surface area contributed by atoms with E-state index in [-0.39, 0.29) is 24.3 Å². The molecule has 0 saturated carbocycles. The number of hydrogen-bond donors (Lipinski definition) is 1. The fourth-order valence-corrected chi connectivity index (χ4v) is 3.10. The summed E-state index contributed by atoms with van der Waals surface area (Å²) in [5, 5.41) is 5.80. The Morgan fingerprint density at radius 2 is 2.15 bits per heavy atom. The third kappa shape index (κ3) is 2.85. The number of carbonyl (C=O) groups is 2. The summed E-state index contributed by atoms with van der Waals surface area (Å²) in [4.78, 5) is 30.1. The minimum absolute atomic E-state index is 0.0377. The van der Waals surface area contributed by atoms with E-state index in [0.717, 1.165) is 12.1 Å².